The molecule has 10 nitrogen and oxygen atoms in total. The largest absolute Gasteiger partial charge is 0.481 e. The molecule has 11 heteroatoms. The average Bonchev–Trinajstić information content (AvgIpc) is 3.62. The Morgan fingerprint density at radius 2 is 1.95 bits per heavy atom. The molecule has 8 rings (SSSR count). The number of aliphatic carboxylic acids is 1. The highest BCUT2D eigenvalue weighted by atomic mass is 19.1. The molecule has 3 N–H and O–H groups in total. The van der Waals surface area contributed by atoms with Gasteiger partial charge in [0, 0.05) is 53.8 Å². The zero-order chi connectivity index (χ0) is 25.3. The summed E-state index contributed by atoms with van der Waals surface area (Å²) in [4.78, 5) is 24.4. The Kier molecular flexibility index (Phi) is 4.82. The van der Waals surface area contributed by atoms with Gasteiger partial charge in [-0.25, -0.2) is 18.9 Å². The minimum atomic E-state index is -0.762. The fourth-order valence-corrected chi connectivity index (χ4v) is 6.28. The number of fused-ring (bicyclic) bond motifs is 5. The van der Waals surface area contributed by atoms with E-state index in [-0.39, 0.29) is 17.9 Å². The number of carboxylic acids is 1. The first kappa shape index (κ1) is 22.0. The van der Waals surface area contributed by atoms with Gasteiger partial charge in [-0.1, -0.05) is 0 Å². The van der Waals surface area contributed by atoms with Crippen LogP contribution in [0.5, 0.6) is 0 Å². The average molecular weight is 501 g/mol. The summed E-state index contributed by atoms with van der Waals surface area (Å²) in [6, 6.07) is 3.16. The summed E-state index contributed by atoms with van der Waals surface area (Å²) >= 11 is 0. The molecule has 0 radical (unpaired) electrons. The van der Waals surface area contributed by atoms with E-state index in [1.807, 2.05) is 25.5 Å². The smallest absolute Gasteiger partial charge is 0.308 e. The predicted octanol–water partition coefficient (Wildman–Crippen LogP) is 4.11. The number of pyridine rings is 1. The minimum Gasteiger partial charge on any atom is -0.481 e. The van der Waals surface area contributed by atoms with Crippen molar-refractivity contribution < 1.29 is 14.3 Å². The number of carboxylic acid groups (broad SMARTS) is 1. The molecular formula is C26H25FN8O2. The van der Waals surface area contributed by atoms with Gasteiger partial charge in [-0.2, -0.15) is 5.10 Å². The molecule has 3 fully saturated rings. The minimum absolute atomic E-state index is 0.165. The first-order valence-corrected chi connectivity index (χ1v) is 12.5. The molecule has 188 valence electrons. The number of aromatic amines is 1. The van der Waals surface area contributed by atoms with Crippen molar-refractivity contribution in [2.45, 2.75) is 31.7 Å². The van der Waals surface area contributed by atoms with Crippen molar-refractivity contribution in [3.05, 3.63) is 48.9 Å². The van der Waals surface area contributed by atoms with Gasteiger partial charge in [0.25, 0.3) is 0 Å². The maximum absolute atomic E-state index is 14.1. The lowest BCUT2D eigenvalue weighted by atomic mass is 9.61. The van der Waals surface area contributed by atoms with Crippen LogP contribution in [0.15, 0.2) is 43.1 Å². The molecule has 3 saturated carbocycles. The van der Waals surface area contributed by atoms with Crippen LogP contribution < -0.4 is 5.32 Å². The van der Waals surface area contributed by atoms with Crippen LogP contribution in [0.25, 0.3) is 39.1 Å². The molecule has 0 unspecified atom stereocenters. The SMILES string of the molecule is Cn1cc(-c2cc3c(N[C@H]4[C@H]5CC[C@H](CC5)[C@@H]4C(=O)O)nc(-c4c[nH]c5ncc(F)cc45)nn3c2)cn1. The number of anilines is 1. The van der Waals surface area contributed by atoms with Crippen molar-refractivity contribution in [3.63, 3.8) is 0 Å². The number of rotatable bonds is 5. The second-order valence-corrected chi connectivity index (χ2v) is 10.2. The summed E-state index contributed by atoms with van der Waals surface area (Å²) in [5.41, 5.74) is 3.72. The maximum Gasteiger partial charge on any atom is 0.308 e. The van der Waals surface area contributed by atoms with E-state index < -0.39 is 17.7 Å². The van der Waals surface area contributed by atoms with E-state index in [4.69, 9.17) is 10.1 Å². The van der Waals surface area contributed by atoms with Crippen LogP contribution in [-0.4, -0.2) is 51.5 Å². The van der Waals surface area contributed by atoms with Gasteiger partial charge in [-0.15, -0.1) is 5.10 Å². The second kappa shape index (κ2) is 8.12. The van der Waals surface area contributed by atoms with Crippen LogP contribution in [0.3, 0.4) is 0 Å². The van der Waals surface area contributed by atoms with Crippen molar-refractivity contribution in [3.8, 4) is 22.5 Å². The van der Waals surface area contributed by atoms with E-state index in [1.165, 1.54) is 6.07 Å². The maximum atomic E-state index is 14.1. The molecule has 3 aliphatic carbocycles. The van der Waals surface area contributed by atoms with Crippen LogP contribution >= 0.6 is 0 Å². The summed E-state index contributed by atoms with van der Waals surface area (Å²) < 4.78 is 17.5. The molecule has 5 aromatic heterocycles. The summed E-state index contributed by atoms with van der Waals surface area (Å²) in [5, 5.41) is 23.2. The highest BCUT2D eigenvalue weighted by Crippen LogP contribution is 2.46. The molecule has 2 atom stereocenters. The lowest BCUT2D eigenvalue weighted by molar-refractivity contribution is -0.148. The van der Waals surface area contributed by atoms with E-state index in [2.05, 4.69) is 20.4 Å². The Morgan fingerprint density at radius 3 is 2.70 bits per heavy atom. The monoisotopic (exact) mass is 500 g/mol. The van der Waals surface area contributed by atoms with E-state index in [1.54, 1.807) is 21.6 Å². The number of halogens is 1. The van der Waals surface area contributed by atoms with Gasteiger partial charge in [0.05, 0.1) is 18.3 Å². The normalized spacial score (nSPS) is 23.2. The first-order chi connectivity index (χ1) is 17.9. The van der Waals surface area contributed by atoms with Gasteiger partial charge in [0.2, 0.25) is 0 Å². The van der Waals surface area contributed by atoms with Gasteiger partial charge in [0.1, 0.15) is 17.0 Å². The molecule has 5 heterocycles. The Labute approximate surface area is 210 Å². The highest BCUT2D eigenvalue weighted by molar-refractivity contribution is 5.92. The second-order valence-electron chi connectivity index (χ2n) is 10.2. The molecule has 0 saturated heterocycles. The molecule has 0 amide bonds. The fraction of sp³-hybridized carbons (Fsp3) is 0.346. The number of nitrogens with one attached hydrogen (secondary N) is 2. The van der Waals surface area contributed by atoms with E-state index in [0.717, 1.165) is 48.5 Å². The van der Waals surface area contributed by atoms with Crippen molar-refractivity contribution in [1.82, 2.24) is 34.3 Å². The number of carbonyl (C=O) groups is 1. The summed E-state index contributed by atoms with van der Waals surface area (Å²) in [6.07, 6.45) is 12.4. The van der Waals surface area contributed by atoms with Crippen LogP contribution in [0.4, 0.5) is 10.2 Å². The Hall–Kier alpha value is -4.28. The molecule has 5 aromatic rings. The third-order valence-electron chi connectivity index (χ3n) is 8.05. The molecular weight excluding hydrogens is 475 g/mol. The predicted molar refractivity (Wildman–Crippen MR) is 134 cm³/mol. The van der Waals surface area contributed by atoms with Gasteiger partial charge >= 0.3 is 5.97 Å². The molecule has 3 aliphatic rings. The topological polar surface area (TPSA) is 126 Å². The van der Waals surface area contributed by atoms with Crippen molar-refractivity contribution >= 4 is 28.3 Å². The number of aryl methyl sites for hydroxylation is 1. The number of hydrogen-bond donors (Lipinski definition) is 3. The Balaban J connectivity index is 1.39. The molecule has 0 aromatic carbocycles. The number of H-pyrrole nitrogens is 1. The van der Waals surface area contributed by atoms with E-state index >= 15 is 0 Å². The lowest BCUT2D eigenvalue weighted by Crippen LogP contribution is -2.51. The highest BCUT2D eigenvalue weighted by Gasteiger charge is 2.47. The quantitative estimate of drug-likeness (QED) is 0.331. The van der Waals surface area contributed by atoms with E-state index in [9.17, 15) is 14.3 Å². The molecule has 37 heavy (non-hydrogen) atoms. The van der Waals surface area contributed by atoms with Crippen LogP contribution in [0, 0.1) is 23.6 Å². The van der Waals surface area contributed by atoms with Gasteiger partial charge in [0.15, 0.2) is 11.6 Å². The standard InChI is InChI=1S/C26H25FN8O2/c1-34-11-16(8-30-34)15-6-20-25(31-22-14-4-2-13(3-5-14)21(22)26(36)37)32-24(33-35(20)12-15)19-10-29-23-18(19)7-17(27)9-28-23/h6-14,21-22H,2-5H2,1H3,(H,28,29)(H,36,37)(H,31,32,33)/t13-,14+,21-,22-/m0/s1. The van der Waals surface area contributed by atoms with Crippen molar-refractivity contribution in [2.75, 3.05) is 5.32 Å². The summed E-state index contributed by atoms with van der Waals surface area (Å²) in [6.45, 7) is 0. The van der Waals surface area contributed by atoms with E-state index in [0.29, 0.717) is 28.2 Å². The first-order valence-electron chi connectivity index (χ1n) is 12.5. The van der Waals surface area contributed by atoms with Crippen LogP contribution in [0.1, 0.15) is 25.7 Å². The number of nitrogens with zero attached hydrogens (tertiary/aromatic N) is 6. The lowest BCUT2D eigenvalue weighted by Gasteiger charge is -2.47. The molecule has 2 bridgehead atoms. The van der Waals surface area contributed by atoms with Crippen molar-refractivity contribution in [2.24, 2.45) is 24.8 Å². The third kappa shape index (κ3) is 3.56. The summed E-state index contributed by atoms with van der Waals surface area (Å²) in [5.74, 6) is -0.305. The number of aromatic nitrogens is 7. The van der Waals surface area contributed by atoms with Crippen LogP contribution in [0.2, 0.25) is 0 Å². The summed E-state index contributed by atoms with van der Waals surface area (Å²) in [7, 11) is 1.86. The van der Waals surface area contributed by atoms with Gasteiger partial charge < -0.3 is 15.4 Å². The third-order valence-corrected chi connectivity index (χ3v) is 8.05. The molecule has 0 spiro atoms. The Morgan fingerprint density at radius 1 is 1.14 bits per heavy atom. The fourth-order valence-electron chi connectivity index (χ4n) is 6.28. The van der Waals surface area contributed by atoms with Crippen LogP contribution in [-0.2, 0) is 11.8 Å². The van der Waals surface area contributed by atoms with Crippen molar-refractivity contribution in [1.29, 1.82) is 0 Å². The van der Waals surface area contributed by atoms with Gasteiger partial charge in [-0.3, -0.25) is 9.48 Å². The zero-order valence-corrected chi connectivity index (χ0v) is 20.1. The van der Waals surface area contributed by atoms with Gasteiger partial charge in [-0.05, 0) is 49.7 Å². The number of hydrogen-bond acceptors (Lipinski definition) is 6. The zero-order valence-electron chi connectivity index (χ0n) is 20.1. The Bertz CT molecular complexity index is 1660. The molecule has 0 aliphatic heterocycles.